The van der Waals surface area contributed by atoms with Gasteiger partial charge in [-0.15, -0.1) is 11.8 Å². The maximum absolute atomic E-state index is 12.7. The number of aromatic nitrogens is 1. The molecule has 1 fully saturated rings. The van der Waals surface area contributed by atoms with Gasteiger partial charge in [-0.05, 0) is 25.3 Å². The largest absolute Gasteiger partial charge is 0.488 e. The van der Waals surface area contributed by atoms with Crippen LogP contribution in [0.1, 0.15) is 22.5 Å². The fraction of sp³-hybridized carbons (Fsp3) is 0.353. The van der Waals surface area contributed by atoms with Crippen LogP contribution in [0.2, 0.25) is 0 Å². The van der Waals surface area contributed by atoms with Crippen LogP contribution in [-0.2, 0) is 0 Å². The van der Waals surface area contributed by atoms with Crippen LogP contribution in [0.25, 0.3) is 0 Å². The summed E-state index contributed by atoms with van der Waals surface area (Å²) in [6, 6.07) is 6.56. The lowest BCUT2D eigenvalue weighted by molar-refractivity contribution is 0.0768. The Morgan fingerprint density at radius 1 is 1.46 bits per heavy atom. The van der Waals surface area contributed by atoms with Gasteiger partial charge in [0.25, 0.3) is 5.91 Å². The zero-order chi connectivity index (χ0) is 17.1. The molecule has 0 N–H and O–H groups in total. The Labute approximate surface area is 143 Å². The molecule has 1 aliphatic rings. The zero-order valence-corrected chi connectivity index (χ0v) is 14.3. The highest BCUT2D eigenvalue weighted by Crippen LogP contribution is 2.23. The van der Waals surface area contributed by atoms with Crippen molar-refractivity contribution >= 4 is 17.7 Å². The molecule has 0 aliphatic carbocycles. The Kier molecular flexibility index (Phi) is 4.89. The molecule has 0 spiro atoms. The van der Waals surface area contributed by atoms with E-state index in [4.69, 9.17) is 9.15 Å². The zero-order valence-electron chi connectivity index (χ0n) is 13.5. The van der Waals surface area contributed by atoms with E-state index >= 15 is 0 Å². The van der Waals surface area contributed by atoms with Crippen molar-refractivity contribution in [3.63, 3.8) is 0 Å². The minimum atomic E-state index is -0.434. The second kappa shape index (κ2) is 7.09. The molecule has 0 aromatic carbocycles. The first-order chi connectivity index (χ1) is 11.6. The molecule has 0 saturated carbocycles. The normalized spacial score (nSPS) is 17.1. The molecule has 1 atom stereocenters. The van der Waals surface area contributed by atoms with Crippen molar-refractivity contribution in [2.75, 3.05) is 19.3 Å². The van der Waals surface area contributed by atoms with Crippen LogP contribution in [-0.4, -0.2) is 41.2 Å². The van der Waals surface area contributed by atoms with Crippen molar-refractivity contribution in [3.8, 4) is 5.75 Å². The summed E-state index contributed by atoms with van der Waals surface area (Å²) in [7, 11) is 0. The van der Waals surface area contributed by atoms with Crippen LogP contribution in [0.5, 0.6) is 5.75 Å². The number of rotatable bonds is 4. The highest BCUT2D eigenvalue weighted by molar-refractivity contribution is 7.98. The van der Waals surface area contributed by atoms with Gasteiger partial charge in [-0.25, -0.2) is 9.78 Å². The molecule has 1 saturated heterocycles. The smallest absolute Gasteiger partial charge is 0.339 e. The Bertz CT molecular complexity index is 805. The number of likely N-dealkylation sites (tertiary alicyclic amines) is 1. The number of pyridine rings is 1. The summed E-state index contributed by atoms with van der Waals surface area (Å²) in [6.07, 6.45) is 4.17. The van der Waals surface area contributed by atoms with Crippen molar-refractivity contribution in [2.24, 2.45) is 0 Å². The summed E-state index contributed by atoms with van der Waals surface area (Å²) in [4.78, 5) is 30.1. The topological polar surface area (TPSA) is 72.6 Å². The van der Waals surface area contributed by atoms with Gasteiger partial charge < -0.3 is 14.1 Å². The van der Waals surface area contributed by atoms with Crippen LogP contribution >= 0.6 is 11.8 Å². The highest BCUT2D eigenvalue weighted by atomic mass is 32.2. The molecule has 0 unspecified atom stereocenters. The predicted octanol–water partition coefficient (Wildman–Crippen LogP) is 2.36. The average molecular weight is 346 g/mol. The first kappa shape index (κ1) is 16.6. The van der Waals surface area contributed by atoms with Gasteiger partial charge in [-0.2, -0.15) is 0 Å². The predicted molar refractivity (Wildman–Crippen MR) is 90.7 cm³/mol. The van der Waals surface area contributed by atoms with Crippen LogP contribution in [0.3, 0.4) is 0 Å². The van der Waals surface area contributed by atoms with E-state index in [1.165, 1.54) is 17.8 Å². The fourth-order valence-corrected chi connectivity index (χ4v) is 3.27. The van der Waals surface area contributed by atoms with Crippen LogP contribution < -0.4 is 10.4 Å². The standard InChI is InChI=1S/C17H18N2O4S/c1-11-8-13(9-15(20)22-11)23-12-5-7-19(10-12)17(21)14-4-3-6-18-16(14)24-2/h3-4,6,8-9,12H,5,7,10H2,1-2H3/t12-/m0/s1. The summed E-state index contributed by atoms with van der Waals surface area (Å²) >= 11 is 1.45. The van der Waals surface area contributed by atoms with E-state index in [0.29, 0.717) is 30.2 Å². The molecule has 7 heteroatoms. The number of nitrogens with zero attached hydrogens (tertiary/aromatic N) is 2. The molecule has 1 amide bonds. The molecule has 24 heavy (non-hydrogen) atoms. The summed E-state index contributed by atoms with van der Waals surface area (Å²) in [6.45, 7) is 2.80. The van der Waals surface area contributed by atoms with E-state index in [-0.39, 0.29) is 12.0 Å². The number of hydrogen-bond donors (Lipinski definition) is 0. The van der Waals surface area contributed by atoms with E-state index in [2.05, 4.69) is 4.98 Å². The molecular formula is C17H18N2O4S. The molecular weight excluding hydrogens is 328 g/mol. The number of amides is 1. The lowest BCUT2D eigenvalue weighted by Crippen LogP contribution is -2.31. The van der Waals surface area contributed by atoms with E-state index in [0.717, 1.165) is 11.4 Å². The Morgan fingerprint density at radius 3 is 3.04 bits per heavy atom. The summed E-state index contributed by atoms with van der Waals surface area (Å²) in [5.41, 5.74) is 0.178. The van der Waals surface area contributed by atoms with Crippen LogP contribution in [0, 0.1) is 6.92 Å². The van der Waals surface area contributed by atoms with Gasteiger partial charge in [0.1, 0.15) is 22.6 Å². The molecule has 3 rings (SSSR count). The average Bonchev–Trinajstić information content (AvgIpc) is 3.01. The number of hydrogen-bond acceptors (Lipinski definition) is 6. The monoisotopic (exact) mass is 346 g/mol. The van der Waals surface area contributed by atoms with Crippen molar-refractivity contribution in [3.05, 3.63) is 52.2 Å². The lowest BCUT2D eigenvalue weighted by atomic mass is 10.2. The third kappa shape index (κ3) is 3.62. The quantitative estimate of drug-likeness (QED) is 0.792. The number of thioether (sulfide) groups is 1. The SMILES string of the molecule is CSc1ncccc1C(=O)N1CC[C@H](Oc2cc(C)oc(=O)c2)C1. The van der Waals surface area contributed by atoms with Gasteiger partial charge in [-0.1, -0.05) is 0 Å². The molecule has 2 aromatic heterocycles. The highest BCUT2D eigenvalue weighted by Gasteiger charge is 2.29. The number of carbonyl (C=O) groups excluding carboxylic acids is 1. The molecule has 6 nitrogen and oxygen atoms in total. The summed E-state index contributed by atoms with van der Waals surface area (Å²) in [5, 5.41) is 0.725. The van der Waals surface area contributed by atoms with E-state index in [1.807, 2.05) is 6.26 Å². The van der Waals surface area contributed by atoms with Gasteiger partial charge in [0, 0.05) is 25.2 Å². The van der Waals surface area contributed by atoms with Gasteiger partial charge in [-0.3, -0.25) is 4.79 Å². The Hall–Kier alpha value is -2.28. The minimum Gasteiger partial charge on any atom is -0.488 e. The van der Waals surface area contributed by atoms with Gasteiger partial charge >= 0.3 is 5.63 Å². The van der Waals surface area contributed by atoms with Gasteiger partial charge in [0.15, 0.2) is 0 Å². The Morgan fingerprint density at radius 2 is 2.29 bits per heavy atom. The second-order valence-electron chi connectivity index (χ2n) is 5.56. The van der Waals surface area contributed by atoms with Crippen molar-refractivity contribution in [1.82, 2.24) is 9.88 Å². The third-order valence-corrected chi connectivity index (χ3v) is 4.51. The lowest BCUT2D eigenvalue weighted by Gasteiger charge is -2.18. The fourth-order valence-electron chi connectivity index (χ4n) is 2.73. The maximum atomic E-state index is 12.7. The summed E-state index contributed by atoms with van der Waals surface area (Å²) < 4.78 is 10.8. The number of carbonyl (C=O) groups is 1. The molecule has 2 aromatic rings. The van der Waals surface area contributed by atoms with E-state index < -0.39 is 5.63 Å². The maximum Gasteiger partial charge on any atom is 0.339 e. The van der Waals surface area contributed by atoms with E-state index in [1.54, 1.807) is 36.2 Å². The molecule has 1 aliphatic heterocycles. The molecule has 3 heterocycles. The van der Waals surface area contributed by atoms with E-state index in [9.17, 15) is 9.59 Å². The van der Waals surface area contributed by atoms with Crippen molar-refractivity contribution in [2.45, 2.75) is 24.5 Å². The second-order valence-corrected chi connectivity index (χ2v) is 6.36. The van der Waals surface area contributed by atoms with Crippen LogP contribution in [0.15, 0.2) is 44.7 Å². The van der Waals surface area contributed by atoms with Crippen molar-refractivity contribution < 1.29 is 13.9 Å². The third-order valence-electron chi connectivity index (χ3n) is 3.80. The number of ether oxygens (including phenoxy) is 1. The Balaban J connectivity index is 1.68. The van der Waals surface area contributed by atoms with Gasteiger partial charge in [0.2, 0.25) is 0 Å². The number of aryl methyl sites for hydroxylation is 1. The van der Waals surface area contributed by atoms with Crippen molar-refractivity contribution in [1.29, 1.82) is 0 Å². The molecule has 126 valence electrons. The molecule has 0 radical (unpaired) electrons. The summed E-state index contributed by atoms with van der Waals surface area (Å²) in [5.74, 6) is 0.944. The van der Waals surface area contributed by atoms with Gasteiger partial charge in [0.05, 0.1) is 18.2 Å². The first-order valence-electron chi connectivity index (χ1n) is 7.63. The molecule has 0 bridgehead atoms. The first-order valence-corrected chi connectivity index (χ1v) is 8.86. The van der Waals surface area contributed by atoms with Crippen LogP contribution in [0.4, 0.5) is 0 Å². The minimum absolute atomic E-state index is 0.0395.